The topological polar surface area (TPSA) is 73.9 Å². The molecule has 0 spiro atoms. The molecule has 0 aliphatic rings. The first kappa shape index (κ1) is 19.1. The van der Waals surface area contributed by atoms with Crippen LogP contribution in [0.1, 0.15) is 18.1 Å². The number of benzene rings is 2. The van der Waals surface area contributed by atoms with Crippen LogP contribution in [0.2, 0.25) is 0 Å². The van der Waals surface area contributed by atoms with Gasteiger partial charge in [0.25, 0.3) is 0 Å². The van der Waals surface area contributed by atoms with E-state index >= 15 is 0 Å². The van der Waals surface area contributed by atoms with Crippen LogP contribution in [0, 0.1) is 6.92 Å². The maximum absolute atomic E-state index is 12.5. The van der Waals surface area contributed by atoms with Gasteiger partial charge in [0.2, 0.25) is 10.0 Å². The summed E-state index contributed by atoms with van der Waals surface area (Å²) in [5.74, 6) is 1.83. The zero-order valence-corrected chi connectivity index (χ0v) is 15.6. The van der Waals surface area contributed by atoms with Crippen molar-refractivity contribution < 1.29 is 22.6 Å². The summed E-state index contributed by atoms with van der Waals surface area (Å²) in [6.45, 7) is 4.38. The fourth-order valence-electron chi connectivity index (χ4n) is 2.36. The molecule has 6 nitrogen and oxygen atoms in total. The third-order valence-electron chi connectivity index (χ3n) is 3.67. The molecular formula is C18H23NO5S. The minimum absolute atomic E-state index is 0.148. The summed E-state index contributed by atoms with van der Waals surface area (Å²) in [7, 11) is -0.539. The molecule has 0 radical (unpaired) electrons. The van der Waals surface area contributed by atoms with E-state index in [-0.39, 0.29) is 11.4 Å². The Morgan fingerprint density at radius 2 is 1.64 bits per heavy atom. The molecule has 0 aliphatic carbocycles. The molecule has 2 aromatic carbocycles. The standard InChI is InChI=1S/C18H23NO5S/c1-5-24-16-9-7-15(10-13(16)2)25(20,21)19-12-14-6-8-17(22-3)18(11-14)23-4/h6-11,19H,5,12H2,1-4H3. The van der Waals surface area contributed by atoms with Gasteiger partial charge in [-0.3, -0.25) is 0 Å². The van der Waals surface area contributed by atoms with Crippen molar-refractivity contribution in [2.24, 2.45) is 0 Å². The van der Waals surface area contributed by atoms with Gasteiger partial charge in [-0.1, -0.05) is 6.07 Å². The molecule has 0 atom stereocenters. The van der Waals surface area contributed by atoms with Gasteiger partial charge in [0.1, 0.15) is 5.75 Å². The van der Waals surface area contributed by atoms with Gasteiger partial charge in [-0.15, -0.1) is 0 Å². The number of methoxy groups -OCH3 is 2. The van der Waals surface area contributed by atoms with Crippen LogP contribution in [-0.2, 0) is 16.6 Å². The molecule has 0 unspecified atom stereocenters. The van der Waals surface area contributed by atoms with Crippen molar-refractivity contribution in [1.29, 1.82) is 0 Å². The first-order valence-electron chi connectivity index (χ1n) is 7.85. The van der Waals surface area contributed by atoms with Crippen molar-refractivity contribution >= 4 is 10.0 Å². The van der Waals surface area contributed by atoms with Crippen molar-refractivity contribution in [3.63, 3.8) is 0 Å². The van der Waals surface area contributed by atoms with Crippen LogP contribution in [0.3, 0.4) is 0 Å². The Balaban J connectivity index is 2.15. The second kappa shape index (κ2) is 8.22. The number of hydrogen-bond donors (Lipinski definition) is 1. The first-order valence-corrected chi connectivity index (χ1v) is 9.33. The molecule has 0 aromatic heterocycles. The van der Waals surface area contributed by atoms with Crippen LogP contribution in [0.5, 0.6) is 17.2 Å². The van der Waals surface area contributed by atoms with E-state index in [1.807, 2.05) is 13.8 Å². The highest BCUT2D eigenvalue weighted by molar-refractivity contribution is 7.89. The summed E-state index contributed by atoms with van der Waals surface area (Å²) < 4.78 is 43.4. The molecule has 7 heteroatoms. The summed E-state index contributed by atoms with van der Waals surface area (Å²) in [6, 6.07) is 10.1. The van der Waals surface area contributed by atoms with Gasteiger partial charge in [0.05, 0.1) is 25.7 Å². The molecule has 0 bridgehead atoms. The molecule has 0 amide bonds. The van der Waals surface area contributed by atoms with Gasteiger partial charge in [0, 0.05) is 6.54 Å². The van der Waals surface area contributed by atoms with E-state index in [9.17, 15) is 8.42 Å². The normalized spacial score (nSPS) is 11.2. The van der Waals surface area contributed by atoms with Crippen molar-refractivity contribution in [3.05, 3.63) is 47.5 Å². The monoisotopic (exact) mass is 365 g/mol. The number of sulfonamides is 1. The van der Waals surface area contributed by atoms with Gasteiger partial charge in [-0.2, -0.15) is 0 Å². The quantitative estimate of drug-likeness (QED) is 0.779. The molecule has 0 aliphatic heterocycles. The van der Waals surface area contributed by atoms with Gasteiger partial charge >= 0.3 is 0 Å². The Kier molecular flexibility index (Phi) is 6.27. The third-order valence-corrected chi connectivity index (χ3v) is 5.07. The second-order valence-corrected chi connectivity index (χ2v) is 7.14. The molecule has 25 heavy (non-hydrogen) atoms. The highest BCUT2D eigenvalue weighted by Crippen LogP contribution is 2.28. The Morgan fingerprint density at radius 1 is 0.960 bits per heavy atom. The number of hydrogen-bond acceptors (Lipinski definition) is 5. The second-order valence-electron chi connectivity index (χ2n) is 5.37. The maximum Gasteiger partial charge on any atom is 0.240 e. The lowest BCUT2D eigenvalue weighted by Crippen LogP contribution is -2.23. The Hall–Kier alpha value is -2.25. The van der Waals surface area contributed by atoms with E-state index in [1.165, 1.54) is 13.2 Å². The largest absolute Gasteiger partial charge is 0.494 e. The van der Waals surface area contributed by atoms with Crippen LogP contribution in [0.15, 0.2) is 41.3 Å². The third kappa shape index (κ3) is 4.64. The SMILES string of the molecule is CCOc1ccc(S(=O)(=O)NCc2ccc(OC)c(OC)c2)cc1C. The molecule has 0 saturated heterocycles. The summed E-state index contributed by atoms with van der Waals surface area (Å²) in [5, 5.41) is 0. The molecule has 2 rings (SSSR count). The molecular weight excluding hydrogens is 342 g/mol. The Bertz CT molecular complexity index is 833. The van der Waals surface area contributed by atoms with E-state index in [1.54, 1.807) is 37.4 Å². The average Bonchev–Trinajstić information content (AvgIpc) is 2.61. The van der Waals surface area contributed by atoms with Crippen LogP contribution in [0.25, 0.3) is 0 Å². The molecule has 1 N–H and O–H groups in total. The van der Waals surface area contributed by atoms with Gasteiger partial charge in [-0.05, 0) is 55.3 Å². The highest BCUT2D eigenvalue weighted by atomic mass is 32.2. The minimum atomic E-state index is -3.63. The van der Waals surface area contributed by atoms with E-state index in [0.29, 0.717) is 23.9 Å². The predicted molar refractivity (Wildman–Crippen MR) is 95.9 cm³/mol. The lowest BCUT2D eigenvalue weighted by molar-refractivity contribution is 0.337. The number of rotatable bonds is 8. The first-order chi connectivity index (χ1) is 11.9. The lowest BCUT2D eigenvalue weighted by atomic mass is 10.2. The predicted octanol–water partition coefficient (Wildman–Crippen LogP) is 2.89. The van der Waals surface area contributed by atoms with Crippen LogP contribution in [-0.4, -0.2) is 29.2 Å². The zero-order valence-electron chi connectivity index (χ0n) is 14.8. The van der Waals surface area contributed by atoms with Crippen molar-refractivity contribution in [2.45, 2.75) is 25.3 Å². The molecule has 0 heterocycles. The summed E-state index contributed by atoms with van der Waals surface area (Å²) in [5.41, 5.74) is 1.54. The number of ether oxygens (including phenoxy) is 3. The zero-order chi connectivity index (χ0) is 18.4. The van der Waals surface area contributed by atoms with Crippen LogP contribution >= 0.6 is 0 Å². The van der Waals surface area contributed by atoms with E-state index in [2.05, 4.69) is 4.72 Å². The minimum Gasteiger partial charge on any atom is -0.494 e. The maximum atomic E-state index is 12.5. The summed E-state index contributed by atoms with van der Waals surface area (Å²) >= 11 is 0. The number of aryl methyl sites for hydroxylation is 1. The van der Waals surface area contributed by atoms with E-state index in [0.717, 1.165) is 11.1 Å². The lowest BCUT2D eigenvalue weighted by Gasteiger charge is -2.12. The Morgan fingerprint density at radius 3 is 2.24 bits per heavy atom. The molecule has 0 fully saturated rings. The fraction of sp³-hybridized carbons (Fsp3) is 0.333. The number of nitrogens with one attached hydrogen (secondary N) is 1. The van der Waals surface area contributed by atoms with E-state index < -0.39 is 10.0 Å². The average molecular weight is 365 g/mol. The molecule has 0 saturated carbocycles. The fourth-order valence-corrected chi connectivity index (χ4v) is 3.46. The van der Waals surface area contributed by atoms with E-state index in [4.69, 9.17) is 14.2 Å². The summed E-state index contributed by atoms with van der Waals surface area (Å²) in [4.78, 5) is 0.203. The van der Waals surface area contributed by atoms with Crippen molar-refractivity contribution in [1.82, 2.24) is 4.72 Å². The van der Waals surface area contributed by atoms with Crippen LogP contribution in [0.4, 0.5) is 0 Å². The molecule has 2 aromatic rings. The van der Waals surface area contributed by atoms with Gasteiger partial charge in [-0.25, -0.2) is 13.1 Å². The van der Waals surface area contributed by atoms with Gasteiger partial charge < -0.3 is 14.2 Å². The highest BCUT2D eigenvalue weighted by Gasteiger charge is 2.16. The van der Waals surface area contributed by atoms with Crippen molar-refractivity contribution in [3.8, 4) is 17.2 Å². The summed E-state index contributed by atoms with van der Waals surface area (Å²) in [6.07, 6.45) is 0. The Labute approximate surface area is 148 Å². The molecule has 136 valence electrons. The van der Waals surface area contributed by atoms with Gasteiger partial charge in [0.15, 0.2) is 11.5 Å². The smallest absolute Gasteiger partial charge is 0.240 e. The van der Waals surface area contributed by atoms with Crippen LogP contribution < -0.4 is 18.9 Å². The van der Waals surface area contributed by atoms with Crippen molar-refractivity contribution in [2.75, 3.05) is 20.8 Å².